The van der Waals surface area contributed by atoms with Crippen LogP contribution in [0.2, 0.25) is 0 Å². The molecule has 0 bridgehead atoms. The summed E-state index contributed by atoms with van der Waals surface area (Å²) in [5.41, 5.74) is 8.83. The van der Waals surface area contributed by atoms with E-state index in [1.54, 1.807) is 0 Å². The van der Waals surface area contributed by atoms with E-state index in [4.69, 9.17) is 5.73 Å². The number of aromatic amines is 1. The van der Waals surface area contributed by atoms with Crippen LogP contribution < -0.4 is 11.1 Å². The normalized spacial score (nSPS) is 12.2. The average Bonchev–Trinajstić information content (AvgIpc) is 2.95. The highest BCUT2D eigenvalue weighted by molar-refractivity contribution is 5.96. The van der Waals surface area contributed by atoms with Crippen LogP contribution in [0.5, 0.6) is 0 Å². The van der Waals surface area contributed by atoms with Crippen molar-refractivity contribution in [3.05, 3.63) is 66.4 Å². The SMILES string of the molecule is N[C@H](Cc1ccccc1)C(=O)Nc1ccc2[nH]ccc2c1. The third-order valence-corrected chi connectivity index (χ3v) is 3.46. The van der Waals surface area contributed by atoms with E-state index in [9.17, 15) is 4.79 Å². The predicted molar refractivity (Wildman–Crippen MR) is 85.0 cm³/mol. The molecule has 0 radical (unpaired) electrons. The number of amides is 1. The Morgan fingerprint density at radius 3 is 2.76 bits per heavy atom. The number of aromatic nitrogens is 1. The molecule has 0 saturated carbocycles. The highest BCUT2D eigenvalue weighted by atomic mass is 16.2. The largest absolute Gasteiger partial charge is 0.361 e. The minimum absolute atomic E-state index is 0.172. The summed E-state index contributed by atoms with van der Waals surface area (Å²) in [5.74, 6) is -0.172. The quantitative estimate of drug-likeness (QED) is 0.687. The molecule has 4 heteroatoms. The van der Waals surface area contributed by atoms with Crippen molar-refractivity contribution >= 4 is 22.5 Å². The van der Waals surface area contributed by atoms with E-state index < -0.39 is 6.04 Å². The minimum Gasteiger partial charge on any atom is -0.361 e. The van der Waals surface area contributed by atoms with Crippen LogP contribution in [0.1, 0.15) is 5.56 Å². The molecule has 0 aliphatic carbocycles. The van der Waals surface area contributed by atoms with Crippen molar-refractivity contribution in [3.63, 3.8) is 0 Å². The zero-order valence-corrected chi connectivity index (χ0v) is 11.5. The molecule has 1 aromatic heterocycles. The van der Waals surface area contributed by atoms with Gasteiger partial charge in [-0.15, -0.1) is 0 Å². The second-order valence-electron chi connectivity index (χ2n) is 5.07. The van der Waals surface area contributed by atoms with Crippen molar-refractivity contribution in [3.8, 4) is 0 Å². The zero-order chi connectivity index (χ0) is 14.7. The molecule has 1 amide bonds. The lowest BCUT2D eigenvalue weighted by Crippen LogP contribution is -2.37. The monoisotopic (exact) mass is 279 g/mol. The minimum atomic E-state index is -0.561. The molecule has 2 aromatic carbocycles. The summed E-state index contributed by atoms with van der Waals surface area (Å²) < 4.78 is 0. The number of nitrogens with one attached hydrogen (secondary N) is 2. The van der Waals surface area contributed by atoms with E-state index in [-0.39, 0.29) is 5.91 Å². The molecule has 3 rings (SSSR count). The third kappa shape index (κ3) is 3.12. The predicted octanol–water partition coefficient (Wildman–Crippen LogP) is 2.68. The summed E-state index contributed by atoms with van der Waals surface area (Å²) in [6.07, 6.45) is 2.40. The van der Waals surface area contributed by atoms with Crippen LogP contribution in [0.15, 0.2) is 60.8 Å². The topological polar surface area (TPSA) is 70.9 Å². The summed E-state index contributed by atoms with van der Waals surface area (Å²) in [6.45, 7) is 0. The number of fused-ring (bicyclic) bond motifs is 1. The van der Waals surface area contributed by atoms with Gasteiger partial charge < -0.3 is 16.0 Å². The van der Waals surface area contributed by atoms with Gasteiger partial charge in [0.1, 0.15) is 0 Å². The summed E-state index contributed by atoms with van der Waals surface area (Å²) >= 11 is 0. The van der Waals surface area contributed by atoms with E-state index in [1.807, 2.05) is 60.8 Å². The molecule has 1 heterocycles. The molecule has 0 saturated heterocycles. The van der Waals surface area contributed by atoms with Crippen molar-refractivity contribution < 1.29 is 4.79 Å². The molecule has 1 atom stereocenters. The second-order valence-corrected chi connectivity index (χ2v) is 5.07. The first-order chi connectivity index (χ1) is 10.2. The lowest BCUT2D eigenvalue weighted by Gasteiger charge is -2.12. The third-order valence-electron chi connectivity index (χ3n) is 3.46. The van der Waals surface area contributed by atoms with Crippen molar-refractivity contribution in [2.75, 3.05) is 5.32 Å². The average molecular weight is 279 g/mol. The van der Waals surface area contributed by atoms with Gasteiger partial charge in [-0.25, -0.2) is 0 Å². The molecule has 0 fully saturated rings. The molecular weight excluding hydrogens is 262 g/mol. The maximum atomic E-state index is 12.1. The number of benzene rings is 2. The van der Waals surface area contributed by atoms with Crippen LogP contribution in [0.4, 0.5) is 5.69 Å². The maximum absolute atomic E-state index is 12.1. The number of hydrogen-bond acceptors (Lipinski definition) is 2. The number of hydrogen-bond donors (Lipinski definition) is 3. The number of rotatable bonds is 4. The Balaban J connectivity index is 1.67. The van der Waals surface area contributed by atoms with Gasteiger partial charge in [0, 0.05) is 22.8 Å². The van der Waals surface area contributed by atoms with E-state index in [1.165, 1.54) is 0 Å². The Bertz CT molecular complexity index is 749. The summed E-state index contributed by atoms with van der Waals surface area (Å²) in [5, 5.41) is 3.93. The van der Waals surface area contributed by atoms with Crippen molar-refractivity contribution in [1.82, 2.24) is 4.98 Å². The first-order valence-corrected chi connectivity index (χ1v) is 6.90. The summed E-state index contributed by atoms with van der Waals surface area (Å²) in [6, 6.07) is 16.9. The molecule has 0 spiro atoms. The first-order valence-electron chi connectivity index (χ1n) is 6.90. The van der Waals surface area contributed by atoms with Crippen molar-refractivity contribution in [2.24, 2.45) is 5.73 Å². The van der Waals surface area contributed by atoms with E-state index in [0.29, 0.717) is 6.42 Å². The standard InChI is InChI=1S/C17H17N3O/c18-15(10-12-4-2-1-3-5-12)17(21)20-14-6-7-16-13(11-14)8-9-19-16/h1-9,11,15,19H,10,18H2,(H,20,21)/t15-/m1/s1. The Morgan fingerprint density at radius 2 is 1.95 bits per heavy atom. The smallest absolute Gasteiger partial charge is 0.241 e. The van der Waals surface area contributed by atoms with Gasteiger partial charge in [0.15, 0.2) is 0 Å². The highest BCUT2D eigenvalue weighted by Crippen LogP contribution is 2.18. The Labute approximate surface area is 123 Å². The van der Waals surface area contributed by atoms with Gasteiger partial charge in [-0.05, 0) is 36.2 Å². The lowest BCUT2D eigenvalue weighted by atomic mass is 10.1. The summed E-state index contributed by atoms with van der Waals surface area (Å²) in [7, 11) is 0. The van der Waals surface area contributed by atoms with E-state index in [2.05, 4.69) is 10.3 Å². The van der Waals surface area contributed by atoms with Gasteiger partial charge in [-0.1, -0.05) is 30.3 Å². The van der Waals surface area contributed by atoms with Crippen molar-refractivity contribution in [1.29, 1.82) is 0 Å². The molecule has 0 unspecified atom stereocenters. The van der Waals surface area contributed by atoms with Gasteiger partial charge in [-0.3, -0.25) is 4.79 Å². The van der Waals surface area contributed by atoms with Gasteiger partial charge in [0.2, 0.25) is 5.91 Å². The van der Waals surface area contributed by atoms with Crippen LogP contribution >= 0.6 is 0 Å². The molecule has 21 heavy (non-hydrogen) atoms. The number of nitrogens with two attached hydrogens (primary N) is 1. The second kappa shape index (κ2) is 5.81. The maximum Gasteiger partial charge on any atom is 0.241 e. The summed E-state index contributed by atoms with van der Waals surface area (Å²) in [4.78, 5) is 15.3. The van der Waals surface area contributed by atoms with E-state index >= 15 is 0 Å². The van der Waals surface area contributed by atoms with Gasteiger partial charge >= 0.3 is 0 Å². The number of carbonyl (C=O) groups is 1. The molecule has 0 aliphatic rings. The van der Waals surface area contributed by atoms with Crippen LogP contribution in [0.3, 0.4) is 0 Å². The fraction of sp³-hybridized carbons (Fsp3) is 0.118. The van der Waals surface area contributed by atoms with Gasteiger partial charge in [0.05, 0.1) is 6.04 Å². The fourth-order valence-corrected chi connectivity index (χ4v) is 2.33. The van der Waals surface area contributed by atoms with Crippen LogP contribution in [-0.2, 0) is 11.2 Å². The molecule has 3 aromatic rings. The number of carbonyl (C=O) groups excluding carboxylic acids is 1. The first kappa shape index (κ1) is 13.4. The van der Waals surface area contributed by atoms with Crippen LogP contribution in [-0.4, -0.2) is 16.9 Å². The van der Waals surface area contributed by atoms with Crippen LogP contribution in [0.25, 0.3) is 10.9 Å². The van der Waals surface area contributed by atoms with E-state index in [0.717, 1.165) is 22.2 Å². The molecule has 106 valence electrons. The molecule has 4 N–H and O–H groups in total. The Kier molecular flexibility index (Phi) is 3.71. The Hall–Kier alpha value is -2.59. The van der Waals surface area contributed by atoms with Gasteiger partial charge in [-0.2, -0.15) is 0 Å². The molecule has 0 aliphatic heterocycles. The fourth-order valence-electron chi connectivity index (χ4n) is 2.33. The lowest BCUT2D eigenvalue weighted by molar-refractivity contribution is -0.117. The molecular formula is C17H17N3O. The number of anilines is 1. The van der Waals surface area contributed by atoms with Crippen molar-refractivity contribution in [2.45, 2.75) is 12.5 Å². The van der Waals surface area contributed by atoms with Gasteiger partial charge in [0.25, 0.3) is 0 Å². The highest BCUT2D eigenvalue weighted by Gasteiger charge is 2.14. The zero-order valence-electron chi connectivity index (χ0n) is 11.5. The van der Waals surface area contributed by atoms with Crippen LogP contribution in [0, 0.1) is 0 Å². The molecule has 4 nitrogen and oxygen atoms in total. The number of H-pyrrole nitrogens is 1. The Morgan fingerprint density at radius 1 is 1.14 bits per heavy atom.